The van der Waals surface area contributed by atoms with Crippen LogP contribution in [0.15, 0.2) is 29.2 Å². The second-order valence-electron chi connectivity index (χ2n) is 5.51. The minimum absolute atomic E-state index is 0.0244. The fourth-order valence-electron chi connectivity index (χ4n) is 2.62. The molecule has 1 aromatic rings. The average Bonchev–Trinajstić information content (AvgIpc) is 3.03. The number of rotatable bonds is 6. The van der Waals surface area contributed by atoms with E-state index in [9.17, 15) is 18.0 Å². The van der Waals surface area contributed by atoms with Crippen molar-refractivity contribution in [1.29, 1.82) is 0 Å². The molecule has 1 saturated heterocycles. The van der Waals surface area contributed by atoms with Crippen molar-refractivity contribution in [1.82, 2.24) is 10.0 Å². The van der Waals surface area contributed by atoms with Gasteiger partial charge in [0.2, 0.25) is 5.91 Å². The van der Waals surface area contributed by atoms with E-state index in [2.05, 4.69) is 0 Å². The van der Waals surface area contributed by atoms with E-state index in [1.54, 1.807) is 12.1 Å². The fourth-order valence-corrected chi connectivity index (χ4v) is 3.50. The Hall–Kier alpha value is -1.93. The van der Waals surface area contributed by atoms with Crippen LogP contribution in [0.4, 0.5) is 0 Å². The smallest absolute Gasteiger partial charge is 0.273 e. The van der Waals surface area contributed by atoms with Crippen LogP contribution in [-0.4, -0.2) is 62.8 Å². The van der Waals surface area contributed by atoms with Crippen molar-refractivity contribution in [3.05, 3.63) is 29.8 Å². The van der Waals surface area contributed by atoms with E-state index < -0.39 is 15.7 Å². The third kappa shape index (κ3) is 4.12. The zero-order valence-corrected chi connectivity index (χ0v) is 14.7. The monoisotopic (exact) mass is 354 g/mol. The predicted octanol–water partition coefficient (Wildman–Crippen LogP) is 1.11. The molecule has 0 atom stereocenters. The number of hydrogen-bond acceptors (Lipinski definition) is 5. The summed E-state index contributed by atoms with van der Waals surface area (Å²) in [6.07, 6.45) is 1.91. The molecule has 0 N–H and O–H groups in total. The van der Waals surface area contributed by atoms with Gasteiger partial charge in [-0.25, -0.2) is 13.4 Å². The first kappa shape index (κ1) is 18.4. The summed E-state index contributed by atoms with van der Waals surface area (Å²) in [6.45, 7) is 3.50. The van der Waals surface area contributed by atoms with Gasteiger partial charge in [-0.05, 0) is 25.5 Å². The quantitative estimate of drug-likeness (QED) is 0.715. The standard InChI is InChI=1S/C16H22N2O5S/c1-3-23-12-9-15(19)17-10-6-11-18(17)16(20)13-7-4-5-8-14(13)24(2,21)22/h4-5,7-8H,3,6,9-12H2,1-2H3. The van der Waals surface area contributed by atoms with Crippen LogP contribution in [0.25, 0.3) is 0 Å². The maximum absolute atomic E-state index is 12.8. The lowest BCUT2D eigenvalue weighted by Crippen LogP contribution is -2.45. The van der Waals surface area contributed by atoms with Crippen molar-refractivity contribution in [2.45, 2.75) is 24.7 Å². The van der Waals surface area contributed by atoms with E-state index >= 15 is 0 Å². The van der Waals surface area contributed by atoms with Gasteiger partial charge in [-0.1, -0.05) is 12.1 Å². The fraction of sp³-hybridized carbons (Fsp3) is 0.500. The van der Waals surface area contributed by atoms with E-state index in [0.29, 0.717) is 32.7 Å². The summed E-state index contributed by atoms with van der Waals surface area (Å²) >= 11 is 0. The number of hydrogen-bond donors (Lipinski definition) is 0. The van der Waals surface area contributed by atoms with Crippen LogP contribution in [0.1, 0.15) is 30.1 Å². The molecule has 0 aliphatic carbocycles. The summed E-state index contributed by atoms with van der Waals surface area (Å²) in [6, 6.07) is 6.06. The second kappa shape index (κ2) is 7.76. The van der Waals surface area contributed by atoms with Gasteiger partial charge in [0.05, 0.1) is 23.5 Å². The van der Waals surface area contributed by atoms with E-state index in [4.69, 9.17) is 4.74 Å². The molecule has 24 heavy (non-hydrogen) atoms. The van der Waals surface area contributed by atoms with Gasteiger partial charge in [0, 0.05) is 26.0 Å². The van der Waals surface area contributed by atoms with E-state index in [0.717, 1.165) is 6.26 Å². The molecular weight excluding hydrogens is 332 g/mol. The second-order valence-corrected chi connectivity index (χ2v) is 7.50. The number of sulfone groups is 1. The van der Waals surface area contributed by atoms with Gasteiger partial charge < -0.3 is 4.74 Å². The first-order chi connectivity index (χ1) is 11.4. The van der Waals surface area contributed by atoms with Crippen molar-refractivity contribution < 1.29 is 22.7 Å². The molecule has 0 bridgehead atoms. The van der Waals surface area contributed by atoms with Crippen LogP contribution in [0, 0.1) is 0 Å². The zero-order valence-electron chi connectivity index (χ0n) is 13.9. The normalized spacial score (nSPS) is 14.9. The number of hydrazine groups is 1. The van der Waals surface area contributed by atoms with E-state index in [-0.39, 0.29) is 22.8 Å². The SMILES string of the molecule is CCOCCC(=O)N1CCCN1C(=O)c1ccccc1S(C)(=O)=O. The molecule has 0 spiro atoms. The Bertz CT molecular complexity index is 717. The Morgan fingerprint density at radius 2 is 1.83 bits per heavy atom. The van der Waals surface area contributed by atoms with Crippen LogP contribution in [0.5, 0.6) is 0 Å². The molecule has 0 aromatic heterocycles. The molecule has 1 aliphatic heterocycles. The Balaban J connectivity index is 2.22. The molecule has 1 aliphatic rings. The number of amides is 2. The molecule has 7 nitrogen and oxygen atoms in total. The molecule has 2 rings (SSSR count). The third-order valence-corrected chi connectivity index (χ3v) is 4.89. The molecule has 0 saturated carbocycles. The molecule has 0 unspecified atom stereocenters. The first-order valence-corrected chi connectivity index (χ1v) is 9.74. The molecule has 1 heterocycles. The Labute approximate surface area is 142 Å². The minimum atomic E-state index is -3.53. The lowest BCUT2D eigenvalue weighted by atomic mass is 10.2. The predicted molar refractivity (Wildman–Crippen MR) is 88.0 cm³/mol. The van der Waals surface area contributed by atoms with Gasteiger partial charge >= 0.3 is 0 Å². The summed E-state index contributed by atoms with van der Waals surface area (Å²) in [5.41, 5.74) is 0.0875. The minimum Gasteiger partial charge on any atom is -0.381 e. The highest BCUT2D eigenvalue weighted by Crippen LogP contribution is 2.21. The number of carbonyl (C=O) groups is 2. The summed E-state index contributed by atoms with van der Waals surface area (Å²) < 4.78 is 29.0. The maximum Gasteiger partial charge on any atom is 0.273 e. The summed E-state index contributed by atoms with van der Waals surface area (Å²) in [4.78, 5) is 25.1. The first-order valence-electron chi connectivity index (χ1n) is 7.85. The zero-order chi connectivity index (χ0) is 17.7. The Kier molecular flexibility index (Phi) is 5.95. The van der Waals surface area contributed by atoms with Gasteiger partial charge in [-0.15, -0.1) is 0 Å². The maximum atomic E-state index is 12.8. The highest BCUT2D eigenvalue weighted by molar-refractivity contribution is 7.90. The highest BCUT2D eigenvalue weighted by atomic mass is 32.2. The van der Waals surface area contributed by atoms with E-state index in [1.807, 2.05) is 6.92 Å². The number of carbonyl (C=O) groups excluding carboxylic acids is 2. The summed E-state index contributed by atoms with van der Waals surface area (Å²) in [5.74, 6) is -0.676. The number of benzene rings is 1. The summed E-state index contributed by atoms with van der Waals surface area (Å²) in [7, 11) is -3.53. The van der Waals surface area contributed by atoms with Crippen LogP contribution in [0.3, 0.4) is 0 Å². The molecular formula is C16H22N2O5S. The van der Waals surface area contributed by atoms with E-state index in [1.165, 1.54) is 22.2 Å². The van der Waals surface area contributed by atoms with Crippen molar-refractivity contribution in [3.63, 3.8) is 0 Å². The number of ether oxygens (including phenoxy) is 1. The van der Waals surface area contributed by atoms with Gasteiger partial charge in [0.25, 0.3) is 5.91 Å². The molecule has 8 heteroatoms. The molecule has 0 radical (unpaired) electrons. The van der Waals surface area contributed by atoms with Crippen molar-refractivity contribution in [2.75, 3.05) is 32.6 Å². The molecule has 1 fully saturated rings. The van der Waals surface area contributed by atoms with Crippen LogP contribution < -0.4 is 0 Å². The average molecular weight is 354 g/mol. The lowest BCUT2D eigenvalue weighted by Gasteiger charge is -2.28. The van der Waals surface area contributed by atoms with Crippen molar-refractivity contribution in [2.24, 2.45) is 0 Å². The highest BCUT2D eigenvalue weighted by Gasteiger charge is 2.32. The third-order valence-electron chi connectivity index (χ3n) is 3.73. The Morgan fingerprint density at radius 1 is 1.17 bits per heavy atom. The van der Waals surface area contributed by atoms with Crippen LogP contribution >= 0.6 is 0 Å². The van der Waals surface area contributed by atoms with Crippen LogP contribution in [-0.2, 0) is 19.4 Å². The van der Waals surface area contributed by atoms with Crippen LogP contribution in [0.2, 0.25) is 0 Å². The van der Waals surface area contributed by atoms with Crippen molar-refractivity contribution in [3.8, 4) is 0 Å². The largest absolute Gasteiger partial charge is 0.381 e. The van der Waals surface area contributed by atoms with Gasteiger partial charge in [-0.2, -0.15) is 0 Å². The van der Waals surface area contributed by atoms with Gasteiger partial charge in [-0.3, -0.25) is 14.6 Å². The molecule has 1 aromatic carbocycles. The topological polar surface area (TPSA) is 84.0 Å². The van der Waals surface area contributed by atoms with Gasteiger partial charge in [0.15, 0.2) is 9.84 Å². The molecule has 132 valence electrons. The number of nitrogens with zero attached hydrogens (tertiary/aromatic N) is 2. The molecule has 2 amide bonds. The van der Waals surface area contributed by atoms with Crippen molar-refractivity contribution >= 4 is 21.7 Å². The summed E-state index contributed by atoms with van der Waals surface area (Å²) in [5, 5.41) is 2.72. The lowest BCUT2D eigenvalue weighted by molar-refractivity contribution is -0.141. The Morgan fingerprint density at radius 3 is 2.50 bits per heavy atom. The van der Waals surface area contributed by atoms with Gasteiger partial charge in [0.1, 0.15) is 0 Å².